The Hall–Kier alpha value is -2.84. The summed E-state index contributed by atoms with van der Waals surface area (Å²) in [4.78, 5) is 12.5. The molecule has 1 aromatic heterocycles. The van der Waals surface area contributed by atoms with Crippen LogP contribution in [0.3, 0.4) is 0 Å². The van der Waals surface area contributed by atoms with Crippen LogP contribution in [-0.2, 0) is 9.53 Å². The number of nitrogens with one attached hydrogen (secondary N) is 1. The third-order valence-corrected chi connectivity index (χ3v) is 6.88. The first-order valence-corrected chi connectivity index (χ1v) is 11.9. The molecule has 4 rings (SSSR count). The van der Waals surface area contributed by atoms with E-state index in [0.29, 0.717) is 12.5 Å². The number of hydrogen-bond acceptors (Lipinski definition) is 3. The molecule has 1 saturated carbocycles. The van der Waals surface area contributed by atoms with Crippen molar-refractivity contribution in [3.63, 3.8) is 0 Å². The van der Waals surface area contributed by atoms with Gasteiger partial charge in [0.05, 0.1) is 6.10 Å². The molecule has 5 nitrogen and oxygen atoms in total. The molecule has 0 bridgehead atoms. The molecule has 0 spiro atoms. The van der Waals surface area contributed by atoms with Crippen LogP contribution in [0.5, 0.6) is 0 Å². The molecule has 1 aliphatic heterocycles. The van der Waals surface area contributed by atoms with Crippen LogP contribution in [0.1, 0.15) is 73.4 Å². The molecule has 0 radical (unpaired) electrons. The van der Waals surface area contributed by atoms with E-state index >= 15 is 0 Å². The van der Waals surface area contributed by atoms with E-state index < -0.39 is 0 Å². The van der Waals surface area contributed by atoms with Gasteiger partial charge >= 0.3 is 0 Å². The number of benzene rings is 1. The molecular weight excluding hydrogens is 398 g/mol. The normalized spacial score (nSPS) is 19.7. The highest BCUT2D eigenvalue weighted by Gasteiger charge is 2.19. The molecule has 0 unspecified atom stereocenters. The van der Waals surface area contributed by atoms with Gasteiger partial charge in [0.1, 0.15) is 11.6 Å². The van der Waals surface area contributed by atoms with E-state index in [1.165, 1.54) is 37.7 Å². The van der Waals surface area contributed by atoms with Crippen LogP contribution < -0.4 is 5.32 Å². The van der Waals surface area contributed by atoms with Crippen molar-refractivity contribution in [1.82, 2.24) is 9.88 Å². The number of carbonyl (C=O) groups excluding carboxylic acids is 1. The first kappa shape index (κ1) is 22.4. The number of amides is 1. The number of nitrogens with zero attached hydrogens (tertiary/aromatic N) is 2. The number of rotatable bonds is 6. The maximum Gasteiger partial charge on any atom is 0.262 e. The fraction of sp³-hybridized carbons (Fsp3) is 0.481. The summed E-state index contributed by atoms with van der Waals surface area (Å²) in [5, 5.41) is 12.4. The van der Waals surface area contributed by atoms with Crippen LogP contribution in [-0.4, -0.2) is 29.7 Å². The smallest absolute Gasteiger partial charge is 0.262 e. The van der Waals surface area contributed by atoms with Gasteiger partial charge in [-0.3, -0.25) is 4.79 Å². The van der Waals surface area contributed by atoms with Crippen molar-refractivity contribution in [1.29, 1.82) is 5.26 Å². The van der Waals surface area contributed by atoms with Crippen LogP contribution in [0.4, 0.5) is 0 Å². The second-order valence-corrected chi connectivity index (χ2v) is 9.10. The summed E-state index contributed by atoms with van der Waals surface area (Å²) in [5.41, 5.74) is 5.66. The zero-order valence-corrected chi connectivity index (χ0v) is 19.2. The van der Waals surface area contributed by atoms with Crippen molar-refractivity contribution in [2.75, 3.05) is 13.2 Å². The predicted molar refractivity (Wildman–Crippen MR) is 127 cm³/mol. The van der Waals surface area contributed by atoms with Crippen molar-refractivity contribution >= 4 is 12.0 Å². The van der Waals surface area contributed by atoms with Gasteiger partial charge in [0, 0.05) is 30.2 Å². The Kier molecular flexibility index (Phi) is 7.12. The van der Waals surface area contributed by atoms with Crippen LogP contribution >= 0.6 is 0 Å². The molecule has 1 atom stereocenters. The van der Waals surface area contributed by atoms with E-state index in [9.17, 15) is 10.1 Å². The molecule has 2 fully saturated rings. The Balaban J connectivity index is 1.51. The molecule has 32 heavy (non-hydrogen) atoms. The highest BCUT2D eigenvalue weighted by atomic mass is 16.5. The van der Waals surface area contributed by atoms with Crippen LogP contribution in [0, 0.1) is 25.2 Å². The van der Waals surface area contributed by atoms with E-state index in [0.717, 1.165) is 42.1 Å². The lowest BCUT2D eigenvalue weighted by Gasteiger charge is -2.22. The summed E-state index contributed by atoms with van der Waals surface area (Å²) in [6.07, 6.45) is 10.3. The molecule has 168 valence electrons. The SMILES string of the molecule is Cc1cc(/C=C(\C#N)C(=O)NC[C@H]2CCCO2)c(C)n1-c1ccc(C2CCCCC2)cc1. The fourth-order valence-electron chi connectivity index (χ4n) is 5.07. The van der Waals surface area contributed by atoms with Crippen molar-refractivity contribution in [2.24, 2.45) is 0 Å². The number of aromatic nitrogens is 1. The van der Waals surface area contributed by atoms with E-state index in [1.54, 1.807) is 6.08 Å². The minimum Gasteiger partial charge on any atom is -0.376 e. The summed E-state index contributed by atoms with van der Waals surface area (Å²) < 4.78 is 7.74. The average Bonchev–Trinajstić information content (AvgIpc) is 3.44. The quantitative estimate of drug-likeness (QED) is 0.496. The molecule has 1 aromatic carbocycles. The maximum atomic E-state index is 12.5. The topological polar surface area (TPSA) is 67.1 Å². The summed E-state index contributed by atoms with van der Waals surface area (Å²) in [6, 6.07) is 13.0. The zero-order chi connectivity index (χ0) is 22.5. The lowest BCUT2D eigenvalue weighted by atomic mass is 9.84. The first-order valence-electron chi connectivity index (χ1n) is 11.9. The lowest BCUT2D eigenvalue weighted by Crippen LogP contribution is -2.32. The largest absolute Gasteiger partial charge is 0.376 e. The minimum atomic E-state index is -0.343. The number of hydrogen-bond donors (Lipinski definition) is 1. The molecule has 2 aromatic rings. The Labute approximate surface area is 191 Å². The van der Waals surface area contributed by atoms with Gasteiger partial charge in [0.2, 0.25) is 0 Å². The van der Waals surface area contributed by atoms with E-state index in [-0.39, 0.29) is 17.6 Å². The maximum absolute atomic E-state index is 12.5. The third kappa shape index (κ3) is 4.97. The standard InChI is InChI=1S/C27H33N3O2/c1-19-15-23(16-24(17-28)27(31)29-18-26-9-6-14-32-26)20(2)30(19)25-12-10-22(11-13-25)21-7-4-3-5-8-21/h10-13,15-16,21,26H,3-9,14,18H2,1-2H3,(H,29,31)/b24-16+/t26-/m1/s1. The number of nitriles is 1. The van der Waals surface area contributed by atoms with Crippen LogP contribution in [0.25, 0.3) is 11.8 Å². The molecule has 2 heterocycles. The van der Waals surface area contributed by atoms with E-state index in [1.807, 2.05) is 13.0 Å². The molecular formula is C27H33N3O2. The summed E-state index contributed by atoms with van der Waals surface area (Å²) in [6.45, 7) is 5.29. The zero-order valence-electron chi connectivity index (χ0n) is 19.2. The van der Waals surface area contributed by atoms with Gasteiger partial charge < -0.3 is 14.6 Å². The van der Waals surface area contributed by atoms with E-state index in [2.05, 4.69) is 47.1 Å². The summed E-state index contributed by atoms with van der Waals surface area (Å²) in [7, 11) is 0. The van der Waals surface area contributed by atoms with Gasteiger partial charge in [-0.2, -0.15) is 5.26 Å². The molecule has 5 heteroatoms. The van der Waals surface area contributed by atoms with Gasteiger partial charge in [-0.1, -0.05) is 31.4 Å². The van der Waals surface area contributed by atoms with Crippen LogP contribution in [0.15, 0.2) is 35.9 Å². The molecule has 1 amide bonds. The van der Waals surface area contributed by atoms with Gasteiger partial charge in [-0.15, -0.1) is 0 Å². The second-order valence-electron chi connectivity index (χ2n) is 9.10. The van der Waals surface area contributed by atoms with Gasteiger partial charge in [-0.05, 0) is 80.9 Å². The lowest BCUT2D eigenvalue weighted by molar-refractivity contribution is -0.117. The van der Waals surface area contributed by atoms with Crippen molar-refractivity contribution in [3.8, 4) is 11.8 Å². The van der Waals surface area contributed by atoms with Gasteiger partial charge in [-0.25, -0.2) is 0 Å². The van der Waals surface area contributed by atoms with E-state index in [4.69, 9.17) is 4.74 Å². The molecule has 2 aliphatic rings. The highest BCUT2D eigenvalue weighted by Crippen LogP contribution is 2.33. The van der Waals surface area contributed by atoms with Crippen molar-refractivity contribution in [3.05, 3.63) is 58.4 Å². The van der Waals surface area contributed by atoms with Gasteiger partial charge in [0.15, 0.2) is 0 Å². The van der Waals surface area contributed by atoms with Crippen molar-refractivity contribution in [2.45, 2.75) is 70.8 Å². The Morgan fingerprint density at radius 2 is 1.91 bits per heavy atom. The van der Waals surface area contributed by atoms with Crippen LogP contribution in [0.2, 0.25) is 0 Å². The minimum absolute atomic E-state index is 0.0561. The highest BCUT2D eigenvalue weighted by molar-refractivity contribution is 6.01. The summed E-state index contributed by atoms with van der Waals surface area (Å²) >= 11 is 0. The first-order chi connectivity index (χ1) is 15.6. The second kappa shape index (κ2) is 10.2. The molecule has 1 aliphatic carbocycles. The monoisotopic (exact) mass is 431 g/mol. The average molecular weight is 432 g/mol. The van der Waals surface area contributed by atoms with Gasteiger partial charge in [0.25, 0.3) is 5.91 Å². The Morgan fingerprint density at radius 3 is 2.56 bits per heavy atom. The molecule has 1 N–H and O–H groups in total. The third-order valence-electron chi connectivity index (χ3n) is 6.88. The van der Waals surface area contributed by atoms with Crippen molar-refractivity contribution < 1.29 is 9.53 Å². The number of carbonyl (C=O) groups is 1. The molecule has 1 saturated heterocycles. The number of ether oxygens (including phenoxy) is 1. The Bertz CT molecular complexity index is 1010. The Morgan fingerprint density at radius 1 is 1.16 bits per heavy atom. The predicted octanol–water partition coefficient (Wildman–Crippen LogP) is 5.34. The fourth-order valence-corrected chi connectivity index (χ4v) is 5.07. The number of aryl methyl sites for hydroxylation is 1. The summed E-state index contributed by atoms with van der Waals surface area (Å²) in [5.74, 6) is 0.346.